The molecule has 0 aromatic heterocycles. The summed E-state index contributed by atoms with van der Waals surface area (Å²) in [6.45, 7) is 5.05. The Morgan fingerprint density at radius 2 is 2.04 bits per heavy atom. The SMILES string of the molecule is COC(C)c1c(C)c(N)cc(C2CC2)c1-c1ccc2c(c1)CCCO2. The van der Waals surface area contributed by atoms with Crippen LogP contribution in [0.1, 0.15) is 60.5 Å². The Bertz CT molecular complexity index is 808. The molecule has 0 saturated heterocycles. The smallest absolute Gasteiger partial charge is 0.122 e. The number of rotatable bonds is 4. The number of methoxy groups -OCH3 is 1. The third kappa shape index (κ3) is 2.91. The van der Waals surface area contributed by atoms with Crippen LogP contribution in [0.3, 0.4) is 0 Å². The van der Waals surface area contributed by atoms with Crippen molar-refractivity contribution in [2.45, 2.75) is 51.6 Å². The summed E-state index contributed by atoms with van der Waals surface area (Å²) in [5.74, 6) is 1.67. The van der Waals surface area contributed by atoms with Crippen molar-refractivity contribution < 1.29 is 9.47 Å². The molecule has 2 aliphatic rings. The van der Waals surface area contributed by atoms with Crippen molar-refractivity contribution in [3.05, 3.63) is 46.5 Å². The van der Waals surface area contributed by atoms with E-state index in [1.54, 1.807) is 7.11 Å². The van der Waals surface area contributed by atoms with Crippen LogP contribution in [-0.2, 0) is 11.2 Å². The van der Waals surface area contributed by atoms with E-state index in [0.29, 0.717) is 5.92 Å². The lowest BCUT2D eigenvalue weighted by Crippen LogP contribution is -2.10. The Kier molecular flexibility index (Phi) is 4.20. The summed E-state index contributed by atoms with van der Waals surface area (Å²) in [5, 5.41) is 0. The van der Waals surface area contributed by atoms with Crippen molar-refractivity contribution in [2.75, 3.05) is 19.5 Å². The van der Waals surface area contributed by atoms with Gasteiger partial charge in [0.15, 0.2) is 0 Å². The van der Waals surface area contributed by atoms with Crippen LogP contribution < -0.4 is 10.5 Å². The van der Waals surface area contributed by atoms with Gasteiger partial charge in [0.1, 0.15) is 5.75 Å². The number of benzene rings is 2. The van der Waals surface area contributed by atoms with Crippen LogP contribution in [-0.4, -0.2) is 13.7 Å². The third-order valence-corrected chi connectivity index (χ3v) is 5.68. The first-order valence-electron chi connectivity index (χ1n) is 9.32. The minimum absolute atomic E-state index is 0.0169. The first-order chi connectivity index (χ1) is 12.1. The average molecular weight is 337 g/mol. The van der Waals surface area contributed by atoms with Crippen molar-refractivity contribution in [2.24, 2.45) is 0 Å². The van der Waals surface area contributed by atoms with Crippen LogP contribution in [0.25, 0.3) is 11.1 Å². The number of fused-ring (bicyclic) bond motifs is 1. The highest BCUT2D eigenvalue weighted by Gasteiger charge is 2.30. The second-order valence-electron chi connectivity index (χ2n) is 7.40. The molecule has 3 heteroatoms. The third-order valence-electron chi connectivity index (χ3n) is 5.68. The zero-order valence-electron chi connectivity index (χ0n) is 15.4. The van der Waals surface area contributed by atoms with E-state index in [2.05, 4.69) is 38.1 Å². The number of ether oxygens (including phenoxy) is 2. The van der Waals surface area contributed by atoms with Crippen LogP contribution in [0.4, 0.5) is 5.69 Å². The van der Waals surface area contributed by atoms with Crippen molar-refractivity contribution in [1.29, 1.82) is 0 Å². The normalized spacial score (nSPS) is 17.7. The van der Waals surface area contributed by atoms with Gasteiger partial charge < -0.3 is 15.2 Å². The molecule has 0 radical (unpaired) electrons. The molecule has 2 aromatic carbocycles. The molecule has 2 N–H and O–H groups in total. The Balaban J connectivity index is 1.94. The molecule has 132 valence electrons. The van der Waals surface area contributed by atoms with E-state index in [9.17, 15) is 0 Å². The quantitative estimate of drug-likeness (QED) is 0.784. The topological polar surface area (TPSA) is 44.5 Å². The van der Waals surface area contributed by atoms with E-state index in [-0.39, 0.29) is 6.10 Å². The van der Waals surface area contributed by atoms with Crippen LogP contribution in [0, 0.1) is 6.92 Å². The van der Waals surface area contributed by atoms with Gasteiger partial charge in [-0.3, -0.25) is 0 Å². The monoisotopic (exact) mass is 337 g/mol. The van der Waals surface area contributed by atoms with Gasteiger partial charge in [-0.25, -0.2) is 0 Å². The summed E-state index contributed by atoms with van der Waals surface area (Å²) in [6, 6.07) is 8.85. The maximum absolute atomic E-state index is 6.36. The zero-order valence-corrected chi connectivity index (χ0v) is 15.4. The van der Waals surface area contributed by atoms with Crippen molar-refractivity contribution >= 4 is 5.69 Å². The minimum Gasteiger partial charge on any atom is -0.493 e. The van der Waals surface area contributed by atoms with E-state index in [1.807, 2.05) is 0 Å². The minimum atomic E-state index is 0.0169. The second kappa shape index (κ2) is 6.38. The van der Waals surface area contributed by atoms with E-state index < -0.39 is 0 Å². The largest absolute Gasteiger partial charge is 0.493 e. The maximum Gasteiger partial charge on any atom is 0.122 e. The number of nitrogens with two attached hydrogens (primary N) is 1. The van der Waals surface area contributed by atoms with Crippen LogP contribution in [0.2, 0.25) is 0 Å². The van der Waals surface area contributed by atoms with E-state index in [0.717, 1.165) is 36.4 Å². The van der Waals surface area contributed by atoms with Crippen molar-refractivity contribution in [3.8, 4) is 16.9 Å². The summed E-state index contributed by atoms with van der Waals surface area (Å²) in [6.07, 6.45) is 4.71. The standard InChI is InChI=1S/C22H27NO2/c1-13-19(23)12-18(15-6-7-15)22(21(13)14(2)24-3)17-8-9-20-16(11-17)5-4-10-25-20/h8-9,11-12,14-15H,4-7,10,23H2,1-3H3. The fraction of sp³-hybridized carbons (Fsp3) is 0.455. The highest BCUT2D eigenvalue weighted by molar-refractivity contribution is 5.79. The summed E-state index contributed by atoms with van der Waals surface area (Å²) < 4.78 is 11.5. The van der Waals surface area contributed by atoms with Gasteiger partial charge in [-0.15, -0.1) is 0 Å². The Morgan fingerprint density at radius 1 is 1.24 bits per heavy atom. The maximum atomic E-state index is 6.36. The lowest BCUT2D eigenvalue weighted by atomic mass is 9.85. The van der Waals surface area contributed by atoms with Gasteiger partial charge in [0, 0.05) is 12.8 Å². The van der Waals surface area contributed by atoms with E-state index >= 15 is 0 Å². The van der Waals surface area contributed by atoms with Gasteiger partial charge in [-0.05, 0) is 97.0 Å². The number of hydrogen-bond donors (Lipinski definition) is 1. The molecule has 3 nitrogen and oxygen atoms in total. The van der Waals surface area contributed by atoms with Crippen LogP contribution >= 0.6 is 0 Å². The fourth-order valence-corrected chi connectivity index (χ4v) is 4.03. The summed E-state index contributed by atoms with van der Waals surface area (Å²) in [4.78, 5) is 0. The molecule has 25 heavy (non-hydrogen) atoms. The molecule has 1 atom stereocenters. The van der Waals surface area contributed by atoms with Gasteiger partial charge >= 0.3 is 0 Å². The Labute approximate surface area is 150 Å². The molecule has 0 bridgehead atoms. The first-order valence-corrected chi connectivity index (χ1v) is 9.32. The fourth-order valence-electron chi connectivity index (χ4n) is 4.03. The number of aryl methyl sites for hydroxylation is 1. The van der Waals surface area contributed by atoms with Gasteiger partial charge in [-0.2, -0.15) is 0 Å². The molecule has 0 spiro atoms. The van der Waals surface area contributed by atoms with Crippen LogP contribution in [0.15, 0.2) is 24.3 Å². The van der Waals surface area contributed by atoms with Gasteiger partial charge in [0.25, 0.3) is 0 Å². The van der Waals surface area contributed by atoms with Crippen molar-refractivity contribution in [3.63, 3.8) is 0 Å². The molecule has 1 unspecified atom stereocenters. The Hall–Kier alpha value is -2.00. The van der Waals surface area contributed by atoms with E-state index in [1.165, 1.54) is 40.7 Å². The molecule has 1 saturated carbocycles. The highest BCUT2D eigenvalue weighted by atomic mass is 16.5. The molecular weight excluding hydrogens is 310 g/mol. The van der Waals surface area contributed by atoms with Crippen molar-refractivity contribution in [1.82, 2.24) is 0 Å². The number of hydrogen-bond acceptors (Lipinski definition) is 3. The number of anilines is 1. The lowest BCUT2D eigenvalue weighted by molar-refractivity contribution is 0.119. The molecule has 0 amide bonds. The molecule has 4 rings (SSSR count). The molecule has 1 heterocycles. The molecule has 1 aliphatic carbocycles. The molecule has 2 aromatic rings. The predicted molar refractivity (Wildman–Crippen MR) is 102 cm³/mol. The first kappa shape index (κ1) is 16.5. The van der Waals surface area contributed by atoms with Gasteiger partial charge in [0.05, 0.1) is 12.7 Å². The summed E-state index contributed by atoms with van der Waals surface area (Å²) in [5.41, 5.74) is 14.9. The average Bonchev–Trinajstić information content (AvgIpc) is 3.47. The Morgan fingerprint density at radius 3 is 2.76 bits per heavy atom. The van der Waals surface area contributed by atoms with Gasteiger partial charge in [-0.1, -0.05) is 6.07 Å². The predicted octanol–water partition coefficient (Wildman–Crippen LogP) is 5.15. The molecular formula is C22H27NO2. The number of nitrogen functional groups attached to an aromatic ring is 1. The zero-order chi connectivity index (χ0) is 17.6. The molecule has 1 fully saturated rings. The summed E-state index contributed by atoms with van der Waals surface area (Å²) >= 11 is 0. The lowest BCUT2D eigenvalue weighted by Gasteiger charge is -2.25. The molecule has 1 aliphatic heterocycles. The van der Waals surface area contributed by atoms with Gasteiger partial charge in [0.2, 0.25) is 0 Å². The second-order valence-corrected chi connectivity index (χ2v) is 7.40. The highest BCUT2D eigenvalue weighted by Crippen LogP contribution is 2.49. The van der Waals surface area contributed by atoms with E-state index in [4.69, 9.17) is 15.2 Å². The summed E-state index contributed by atoms with van der Waals surface area (Å²) in [7, 11) is 1.77. The van der Waals surface area contributed by atoms with Crippen LogP contribution in [0.5, 0.6) is 5.75 Å².